The van der Waals surface area contributed by atoms with Crippen molar-refractivity contribution >= 4 is 5.69 Å². The van der Waals surface area contributed by atoms with Gasteiger partial charge in [-0.15, -0.1) is 0 Å². The first-order chi connectivity index (χ1) is 9.40. The van der Waals surface area contributed by atoms with E-state index in [1.54, 1.807) is 13.1 Å². The number of nitrogens with two attached hydrogens (primary N) is 1. The van der Waals surface area contributed by atoms with E-state index in [1.165, 1.54) is 6.07 Å². The maximum Gasteiger partial charge on any atom is 0.127 e. The van der Waals surface area contributed by atoms with Crippen molar-refractivity contribution in [1.82, 2.24) is 9.55 Å². The summed E-state index contributed by atoms with van der Waals surface area (Å²) in [7, 11) is 3.92. The molecule has 0 aliphatic rings. The summed E-state index contributed by atoms with van der Waals surface area (Å²) in [6.07, 6.45) is 3.68. The number of benzene rings is 1. The molecule has 108 valence electrons. The van der Waals surface area contributed by atoms with Crippen molar-refractivity contribution in [3.05, 3.63) is 47.3 Å². The number of hydrogen-bond donors (Lipinski definition) is 1. The van der Waals surface area contributed by atoms with Crippen LogP contribution in [0.15, 0.2) is 24.5 Å². The fraction of sp³-hybridized carbons (Fsp3) is 0.400. The Labute approximate surface area is 119 Å². The number of aromatic nitrogens is 2. The molecule has 0 spiro atoms. The number of imidazole rings is 1. The molecule has 0 aliphatic heterocycles. The summed E-state index contributed by atoms with van der Waals surface area (Å²) in [6, 6.07) is 3.16. The van der Waals surface area contributed by atoms with Gasteiger partial charge >= 0.3 is 0 Å². The van der Waals surface area contributed by atoms with Crippen LogP contribution in [-0.2, 0) is 13.6 Å². The molecule has 2 aromatic rings. The summed E-state index contributed by atoms with van der Waals surface area (Å²) in [5.41, 5.74) is 8.34. The summed E-state index contributed by atoms with van der Waals surface area (Å²) in [5, 5.41) is 0. The monoisotopic (exact) mass is 276 g/mol. The minimum atomic E-state index is -0.219. The first-order valence-corrected chi connectivity index (χ1v) is 6.63. The molecule has 2 rings (SSSR count). The quantitative estimate of drug-likeness (QED) is 0.933. The van der Waals surface area contributed by atoms with Gasteiger partial charge in [0.05, 0.1) is 6.54 Å². The van der Waals surface area contributed by atoms with Crippen LogP contribution in [0, 0.1) is 12.7 Å². The van der Waals surface area contributed by atoms with Crippen LogP contribution in [0.5, 0.6) is 0 Å². The van der Waals surface area contributed by atoms with Crippen LogP contribution in [0.2, 0.25) is 0 Å². The van der Waals surface area contributed by atoms with Crippen molar-refractivity contribution in [3.8, 4) is 0 Å². The molecular weight excluding hydrogens is 255 g/mol. The van der Waals surface area contributed by atoms with Crippen molar-refractivity contribution in [2.75, 3.05) is 11.9 Å². The van der Waals surface area contributed by atoms with Crippen molar-refractivity contribution < 1.29 is 4.39 Å². The molecule has 4 nitrogen and oxygen atoms in total. The van der Waals surface area contributed by atoms with E-state index in [2.05, 4.69) is 4.98 Å². The van der Waals surface area contributed by atoms with E-state index in [0.29, 0.717) is 12.1 Å². The number of rotatable bonds is 4. The molecule has 1 atom stereocenters. The zero-order valence-corrected chi connectivity index (χ0v) is 12.4. The zero-order chi connectivity index (χ0) is 14.9. The molecule has 20 heavy (non-hydrogen) atoms. The first kappa shape index (κ1) is 14.5. The molecule has 0 amide bonds. The highest BCUT2D eigenvalue weighted by atomic mass is 19.1. The summed E-state index contributed by atoms with van der Waals surface area (Å²) >= 11 is 0. The first-order valence-electron chi connectivity index (χ1n) is 6.63. The second-order valence-corrected chi connectivity index (χ2v) is 5.26. The van der Waals surface area contributed by atoms with Crippen molar-refractivity contribution in [1.29, 1.82) is 0 Å². The Morgan fingerprint density at radius 1 is 1.45 bits per heavy atom. The summed E-state index contributed by atoms with van der Waals surface area (Å²) in [5.74, 6) is 0.733. The van der Waals surface area contributed by atoms with E-state index in [-0.39, 0.29) is 11.9 Å². The molecular formula is C15H21FN4. The predicted octanol–water partition coefficient (Wildman–Crippen LogP) is 2.52. The maximum atomic E-state index is 13.7. The van der Waals surface area contributed by atoms with Gasteiger partial charge in [0.15, 0.2) is 0 Å². The summed E-state index contributed by atoms with van der Waals surface area (Å²) in [4.78, 5) is 6.36. The molecule has 5 heteroatoms. The predicted molar refractivity (Wildman–Crippen MR) is 79.1 cm³/mol. The molecule has 0 aliphatic carbocycles. The van der Waals surface area contributed by atoms with Gasteiger partial charge in [-0.2, -0.15) is 0 Å². The smallest absolute Gasteiger partial charge is 0.127 e. The molecule has 0 radical (unpaired) electrons. The van der Waals surface area contributed by atoms with E-state index in [1.807, 2.05) is 42.7 Å². The molecule has 2 N–H and O–H groups in total. The Hall–Kier alpha value is -1.88. The second-order valence-electron chi connectivity index (χ2n) is 5.26. The van der Waals surface area contributed by atoms with Gasteiger partial charge in [0, 0.05) is 38.2 Å². The molecule has 0 saturated heterocycles. The molecule has 0 saturated carbocycles. The Balaban J connectivity index is 2.36. The highest BCUT2D eigenvalue weighted by Gasteiger charge is 2.15. The molecule has 1 aromatic carbocycles. The molecule has 0 fully saturated rings. The SMILES string of the molecule is Cc1cc(N(C)Cc2nccn2C)c([C@@H](C)N)cc1F. The van der Waals surface area contributed by atoms with Crippen LogP contribution < -0.4 is 10.6 Å². The largest absolute Gasteiger partial charge is 0.367 e. The lowest BCUT2D eigenvalue weighted by Gasteiger charge is -2.24. The van der Waals surface area contributed by atoms with Gasteiger partial charge in [-0.1, -0.05) is 0 Å². The lowest BCUT2D eigenvalue weighted by Crippen LogP contribution is -2.22. The number of halogens is 1. The number of nitrogens with zero attached hydrogens (tertiary/aromatic N) is 3. The third kappa shape index (κ3) is 2.82. The van der Waals surface area contributed by atoms with Crippen molar-refractivity contribution in [2.45, 2.75) is 26.4 Å². The highest BCUT2D eigenvalue weighted by Crippen LogP contribution is 2.28. The minimum Gasteiger partial charge on any atom is -0.367 e. The van der Waals surface area contributed by atoms with Gasteiger partial charge in [-0.05, 0) is 37.1 Å². The zero-order valence-electron chi connectivity index (χ0n) is 12.4. The van der Waals surface area contributed by atoms with Crippen LogP contribution >= 0.6 is 0 Å². The Morgan fingerprint density at radius 3 is 2.70 bits per heavy atom. The molecule has 1 aromatic heterocycles. The van der Waals surface area contributed by atoms with Gasteiger partial charge < -0.3 is 15.2 Å². The van der Waals surface area contributed by atoms with Crippen molar-refractivity contribution in [3.63, 3.8) is 0 Å². The highest BCUT2D eigenvalue weighted by molar-refractivity contribution is 5.56. The third-order valence-electron chi connectivity index (χ3n) is 3.51. The second kappa shape index (κ2) is 5.63. The summed E-state index contributed by atoms with van der Waals surface area (Å²) in [6.45, 7) is 4.27. The number of hydrogen-bond acceptors (Lipinski definition) is 3. The number of anilines is 1. The van der Waals surface area contributed by atoms with E-state index < -0.39 is 0 Å². The standard InChI is InChI=1S/C15H21FN4/c1-10-7-14(12(11(2)17)8-13(10)16)20(4)9-15-18-5-6-19(15)3/h5-8,11H,9,17H2,1-4H3/t11-/m1/s1. The Kier molecular flexibility index (Phi) is 4.09. The van der Waals surface area contributed by atoms with Crippen LogP contribution in [0.1, 0.15) is 29.9 Å². The summed E-state index contributed by atoms with van der Waals surface area (Å²) < 4.78 is 15.7. The Bertz CT molecular complexity index is 604. The van der Waals surface area contributed by atoms with Crippen LogP contribution in [0.25, 0.3) is 0 Å². The van der Waals surface area contributed by atoms with E-state index in [9.17, 15) is 4.39 Å². The van der Waals surface area contributed by atoms with E-state index in [4.69, 9.17) is 5.73 Å². The van der Waals surface area contributed by atoms with Crippen LogP contribution in [-0.4, -0.2) is 16.6 Å². The van der Waals surface area contributed by atoms with Gasteiger partial charge in [0.2, 0.25) is 0 Å². The lowest BCUT2D eigenvalue weighted by atomic mass is 10.0. The molecule has 0 bridgehead atoms. The van der Waals surface area contributed by atoms with E-state index in [0.717, 1.165) is 17.1 Å². The average molecular weight is 276 g/mol. The normalized spacial score (nSPS) is 12.5. The molecule has 1 heterocycles. The van der Waals surface area contributed by atoms with Gasteiger partial charge in [-0.3, -0.25) is 0 Å². The number of aryl methyl sites for hydroxylation is 2. The topological polar surface area (TPSA) is 47.1 Å². The van der Waals surface area contributed by atoms with Crippen molar-refractivity contribution in [2.24, 2.45) is 12.8 Å². The lowest BCUT2D eigenvalue weighted by molar-refractivity contribution is 0.612. The Morgan fingerprint density at radius 2 is 2.15 bits per heavy atom. The average Bonchev–Trinajstić information content (AvgIpc) is 2.77. The fourth-order valence-corrected chi connectivity index (χ4v) is 2.22. The van der Waals surface area contributed by atoms with Gasteiger partial charge in [0.25, 0.3) is 0 Å². The minimum absolute atomic E-state index is 0.216. The third-order valence-corrected chi connectivity index (χ3v) is 3.51. The van der Waals surface area contributed by atoms with Crippen LogP contribution in [0.3, 0.4) is 0 Å². The van der Waals surface area contributed by atoms with Gasteiger partial charge in [-0.25, -0.2) is 9.37 Å². The van der Waals surface area contributed by atoms with Crippen LogP contribution in [0.4, 0.5) is 10.1 Å². The van der Waals surface area contributed by atoms with E-state index >= 15 is 0 Å². The fourth-order valence-electron chi connectivity index (χ4n) is 2.22. The molecule has 0 unspecified atom stereocenters. The van der Waals surface area contributed by atoms with Gasteiger partial charge in [0.1, 0.15) is 11.6 Å². The maximum absolute atomic E-state index is 13.7.